The van der Waals surface area contributed by atoms with Gasteiger partial charge in [-0.25, -0.2) is 4.68 Å². The lowest BCUT2D eigenvalue weighted by molar-refractivity contribution is -0.131. The predicted octanol–water partition coefficient (Wildman–Crippen LogP) is 3.78. The van der Waals surface area contributed by atoms with Gasteiger partial charge in [0.1, 0.15) is 0 Å². The number of nitrogens with zero attached hydrogens (tertiary/aromatic N) is 2. The van der Waals surface area contributed by atoms with Crippen LogP contribution < -0.4 is 11.4 Å². The molecule has 1 aromatic heterocycles. The summed E-state index contributed by atoms with van der Waals surface area (Å²) in [6.07, 6.45) is 2.05. The van der Waals surface area contributed by atoms with Gasteiger partial charge < -0.3 is 10.7 Å². The van der Waals surface area contributed by atoms with E-state index in [1.165, 1.54) is 11.1 Å². The largest absolute Gasteiger partial charge is 0.336 e. The minimum atomic E-state index is -0.217. The maximum atomic E-state index is 12.9. The van der Waals surface area contributed by atoms with Crippen LogP contribution in [0.5, 0.6) is 0 Å². The summed E-state index contributed by atoms with van der Waals surface area (Å²) in [4.78, 5) is 27.2. The average Bonchev–Trinajstić information content (AvgIpc) is 3.21. The Labute approximate surface area is 180 Å². The predicted molar refractivity (Wildman–Crippen MR) is 123 cm³/mol. The molecule has 1 aliphatic heterocycles. The first-order chi connectivity index (χ1) is 15.0. The summed E-state index contributed by atoms with van der Waals surface area (Å²) in [5.74, 6) is 6.06. The lowest BCUT2D eigenvalue weighted by Crippen LogP contribution is -2.27. The fraction of sp³-hybridized carbons (Fsp3) is 0.154. The minimum absolute atomic E-state index is 0.129. The molecular formula is C26H23N3O2. The minimum Gasteiger partial charge on any atom is -0.336 e. The molecule has 2 heterocycles. The maximum absolute atomic E-state index is 12.9. The lowest BCUT2D eigenvalue weighted by Gasteiger charge is -2.17. The molecule has 0 atom stereocenters. The Kier molecular flexibility index (Phi) is 4.59. The van der Waals surface area contributed by atoms with Gasteiger partial charge in [-0.3, -0.25) is 9.59 Å². The second-order valence-corrected chi connectivity index (χ2v) is 8.15. The van der Waals surface area contributed by atoms with Gasteiger partial charge in [0.05, 0.1) is 6.42 Å². The fourth-order valence-corrected chi connectivity index (χ4v) is 4.46. The number of nitrogen functional groups attached to an aromatic ring is 1. The number of amides is 1. The number of aryl methyl sites for hydroxylation is 1. The molecule has 1 aliphatic rings. The normalized spacial score (nSPS) is 12.9. The molecule has 5 heteroatoms. The molecule has 0 bridgehead atoms. The van der Waals surface area contributed by atoms with E-state index in [1.54, 1.807) is 12.3 Å². The quantitative estimate of drug-likeness (QED) is 0.524. The topological polar surface area (TPSA) is 68.3 Å². The van der Waals surface area contributed by atoms with E-state index in [4.69, 9.17) is 5.84 Å². The van der Waals surface area contributed by atoms with Crippen LogP contribution in [0.1, 0.15) is 22.3 Å². The van der Waals surface area contributed by atoms with Crippen LogP contribution >= 0.6 is 0 Å². The van der Waals surface area contributed by atoms with E-state index in [1.807, 2.05) is 54.3 Å². The number of fused-ring (bicyclic) bond motifs is 2. The van der Waals surface area contributed by atoms with E-state index < -0.39 is 0 Å². The molecule has 1 amide bonds. The second-order valence-electron chi connectivity index (χ2n) is 8.15. The van der Waals surface area contributed by atoms with Gasteiger partial charge in [-0.2, -0.15) is 0 Å². The molecule has 0 saturated carbocycles. The number of benzene rings is 3. The Morgan fingerprint density at radius 2 is 1.55 bits per heavy atom. The standard InChI is InChI=1S/C26H23N3O2/c1-17-12-18(13-25(30)28-14-19-6-2-3-7-20(19)15-28)10-11-21(17)24-16-29(27)26(31)23-9-5-4-8-22(23)24/h2-12,16H,13-15,27H2,1H3. The number of carbonyl (C=O) groups is 1. The first-order valence-corrected chi connectivity index (χ1v) is 10.3. The molecular weight excluding hydrogens is 386 g/mol. The molecule has 0 saturated heterocycles. The van der Waals surface area contributed by atoms with E-state index >= 15 is 0 Å². The Balaban J connectivity index is 1.43. The van der Waals surface area contributed by atoms with Crippen LogP contribution in [0.15, 0.2) is 77.7 Å². The van der Waals surface area contributed by atoms with Gasteiger partial charge in [0.25, 0.3) is 5.56 Å². The van der Waals surface area contributed by atoms with Gasteiger partial charge in [-0.15, -0.1) is 0 Å². The van der Waals surface area contributed by atoms with Crippen molar-refractivity contribution in [3.63, 3.8) is 0 Å². The average molecular weight is 409 g/mol. The van der Waals surface area contributed by atoms with Crippen LogP contribution in [0, 0.1) is 6.92 Å². The monoisotopic (exact) mass is 409 g/mol. The Morgan fingerprint density at radius 1 is 0.903 bits per heavy atom. The van der Waals surface area contributed by atoms with Crippen molar-refractivity contribution in [3.8, 4) is 11.1 Å². The van der Waals surface area contributed by atoms with Gasteiger partial charge in [0.2, 0.25) is 5.91 Å². The summed E-state index contributed by atoms with van der Waals surface area (Å²) in [5, 5.41) is 1.46. The molecule has 2 N–H and O–H groups in total. The van der Waals surface area contributed by atoms with E-state index in [0.717, 1.165) is 32.3 Å². The molecule has 31 heavy (non-hydrogen) atoms. The van der Waals surface area contributed by atoms with E-state index in [0.29, 0.717) is 24.9 Å². The Hall–Kier alpha value is -3.86. The van der Waals surface area contributed by atoms with Crippen molar-refractivity contribution in [2.75, 3.05) is 5.84 Å². The molecule has 0 aliphatic carbocycles. The number of pyridine rings is 1. The van der Waals surface area contributed by atoms with E-state index in [9.17, 15) is 9.59 Å². The number of nitrogens with two attached hydrogens (primary N) is 1. The molecule has 5 nitrogen and oxygen atoms in total. The number of carbonyl (C=O) groups excluding carboxylic acids is 1. The Bertz CT molecular complexity index is 1360. The van der Waals surface area contributed by atoms with Crippen molar-refractivity contribution >= 4 is 16.7 Å². The van der Waals surface area contributed by atoms with E-state index in [2.05, 4.69) is 18.2 Å². The van der Waals surface area contributed by atoms with Gasteiger partial charge >= 0.3 is 0 Å². The van der Waals surface area contributed by atoms with Gasteiger partial charge in [0.15, 0.2) is 0 Å². The number of hydrogen-bond donors (Lipinski definition) is 1. The van der Waals surface area contributed by atoms with Crippen LogP contribution in [0.4, 0.5) is 0 Å². The number of rotatable bonds is 3. The fourth-order valence-electron chi connectivity index (χ4n) is 4.46. The van der Waals surface area contributed by atoms with Crippen molar-refractivity contribution in [3.05, 3.63) is 106 Å². The summed E-state index contributed by atoms with van der Waals surface area (Å²) < 4.78 is 1.14. The smallest absolute Gasteiger partial charge is 0.276 e. The highest BCUT2D eigenvalue weighted by molar-refractivity contribution is 5.96. The molecule has 0 spiro atoms. The number of hydrogen-bond acceptors (Lipinski definition) is 3. The van der Waals surface area contributed by atoms with Crippen molar-refractivity contribution in [2.45, 2.75) is 26.4 Å². The summed E-state index contributed by atoms with van der Waals surface area (Å²) in [7, 11) is 0. The molecule has 0 fully saturated rings. The third-order valence-electron chi connectivity index (χ3n) is 6.08. The van der Waals surface area contributed by atoms with Crippen LogP contribution in [-0.2, 0) is 24.3 Å². The molecule has 4 aromatic rings. The summed E-state index contributed by atoms with van der Waals surface area (Å²) >= 11 is 0. The first-order valence-electron chi connectivity index (χ1n) is 10.3. The zero-order valence-corrected chi connectivity index (χ0v) is 17.3. The first kappa shape index (κ1) is 19.1. The molecule has 154 valence electrons. The van der Waals surface area contributed by atoms with Crippen molar-refractivity contribution < 1.29 is 4.79 Å². The molecule has 0 unspecified atom stereocenters. The van der Waals surface area contributed by atoms with Gasteiger partial charge in [-0.05, 0) is 46.2 Å². The lowest BCUT2D eigenvalue weighted by atomic mass is 9.95. The van der Waals surface area contributed by atoms with Crippen LogP contribution in [0.2, 0.25) is 0 Å². The zero-order valence-electron chi connectivity index (χ0n) is 17.3. The van der Waals surface area contributed by atoms with Crippen molar-refractivity contribution in [2.24, 2.45) is 0 Å². The van der Waals surface area contributed by atoms with Gasteiger partial charge in [0, 0.05) is 30.2 Å². The number of aromatic nitrogens is 1. The summed E-state index contributed by atoms with van der Waals surface area (Å²) in [6.45, 7) is 3.38. The maximum Gasteiger partial charge on any atom is 0.276 e. The SMILES string of the molecule is Cc1cc(CC(=O)N2Cc3ccccc3C2)ccc1-c1cn(N)c(=O)c2ccccc12. The highest BCUT2D eigenvalue weighted by Gasteiger charge is 2.23. The molecule has 0 radical (unpaired) electrons. The highest BCUT2D eigenvalue weighted by atomic mass is 16.2. The Morgan fingerprint density at radius 3 is 2.23 bits per heavy atom. The van der Waals surface area contributed by atoms with Crippen LogP contribution in [0.25, 0.3) is 21.9 Å². The summed E-state index contributed by atoms with van der Waals surface area (Å²) in [5.41, 5.74) is 6.16. The van der Waals surface area contributed by atoms with E-state index in [-0.39, 0.29) is 11.5 Å². The van der Waals surface area contributed by atoms with Crippen LogP contribution in [-0.4, -0.2) is 15.5 Å². The summed E-state index contributed by atoms with van der Waals surface area (Å²) in [6, 6.07) is 21.8. The molecule has 5 rings (SSSR count). The van der Waals surface area contributed by atoms with Crippen molar-refractivity contribution in [1.29, 1.82) is 0 Å². The zero-order chi connectivity index (χ0) is 21.5. The van der Waals surface area contributed by atoms with Crippen LogP contribution in [0.3, 0.4) is 0 Å². The third kappa shape index (κ3) is 3.38. The third-order valence-corrected chi connectivity index (χ3v) is 6.08. The highest BCUT2D eigenvalue weighted by Crippen LogP contribution is 2.30. The van der Waals surface area contributed by atoms with Gasteiger partial charge in [-0.1, -0.05) is 60.7 Å². The van der Waals surface area contributed by atoms with Crippen molar-refractivity contribution in [1.82, 2.24) is 9.58 Å². The molecule has 3 aromatic carbocycles. The second kappa shape index (κ2) is 7.43.